The van der Waals surface area contributed by atoms with Crippen LogP contribution in [-0.2, 0) is 4.74 Å². The maximum atomic E-state index is 4.50. The van der Waals surface area contributed by atoms with Gasteiger partial charge in [-0.1, -0.05) is 0 Å². The number of nitrogens with one attached hydrogen (secondary N) is 1. The highest BCUT2D eigenvalue weighted by Gasteiger charge is 1.94. The molecule has 1 aromatic heterocycles. The van der Waals surface area contributed by atoms with Crippen molar-refractivity contribution in [3.8, 4) is 0 Å². The molecule has 0 unspecified atom stereocenters. The molecule has 44 valence electrons. The predicted molar refractivity (Wildman–Crippen MR) is 31.6 cm³/mol. The van der Waals surface area contributed by atoms with Crippen LogP contribution in [0.5, 0.6) is 0 Å². The van der Waals surface area contributed by atoms with Gasteiger partial charge in [0.05, 0.1) is 13.2 Å². The van der Waals surface area contributed by atoms with Gasteiger partial charge in [-0.15, -0.1) is 0 Å². The van der Waals surface area contributed by atoms with Crippen molar-refractivity contribution < 1.29 is 4.74 Å². The Balaban J connectivity index is 0.0000000907. The molecule has 0 aromatic carbocycles. The van der Waals surface area contributed by atoms with Crippen molar-refractivity contribution in [1.82, 2.24) is 4.98 Å². The standard InChI is InChI=1S/C4H5N.C2H4O/c1-2-4-5-3-1;1-2-3-1/h1-5H;1-2H2. The smallest absolute Gasteiger partial charge is 0.0701 e. The Morgan fingerprint density at radius 3 is 1.75 bits per heavy atom. The zero-order chi connectivity index (χ0) is 5.66. The Bertz CT molecular complexity index is 92.1. The molecule has 0 atom stereocenters. The topological polar surface area (TPSA) is 28.3 Å². The predicted octanol–water partition coefficient (Wildman–Crippen LogP) is 1.03. The zero-order valence-electron chi connectivity index (χ0n) is 4.63. The minimum absolute atomic E-state index is 1.00. The SMILES string of the molecule is C1CO1.c1cc[nH]c1. The van der Waals surface area contributed by atoms with Crippen molar-refractivity contribution in [3.63, 3.8) is 0 Å². The fraction of sp³-hybridized carbons (Fsp3) is 0.333. The zero-order valence-corrected chi connectivity index (χ0v) is 4.63. The van der Waals surface area contributed by atoms with Crippen molar-refractivity contribution >= 4 is 0 Å². The van der Waals surface area contributed by atoms with Gasteiger partial charge in [0, 0.05) is 12.4 Å². The molecule has 0 bridgehead atoms. The van der Waals surface area contributed by atoms with E-state index in [0.717, 1.165) is 13.2 Å². The van der Waals surface area contributed by atoms with Gasteiger partial charge in [0.25, 0.3) is 0 Å². The molecular formula is C6H9NO. The van der Waals surface area contributed by atoms with Crippen LogP contribution in [0.3, 0.4) is 0 Å². The Labute approximate surface area is 48.5 Å². The number of aromatic nitrogens is 1. The number of H-pyrrole nitrogens is 1. The van der Waals surface area contributed by atoms with E-state index in [1.807, 2.05) is 24.5 Å². The van der Waals surface area contributed by atoms with E-state index in [1.54, 1.807) is 0 Å². The summed E-state index contributed by atoms with van der Waals surface area (Å²) in [5, 5.41) is 0. The first-order valence-electron chi connectivity index (χ1n) is 2.65. The van der Waals surface area contributed by atoms with Crippen molar-refractivity contribution in [1.29, 1.82) is 0 Å². The molecule has 2 rings (SSSR count). The molecule has 2 heterocycles. The van der Waals surface area contributed by atoms with E-state index in [2.05, 4.69) is 9.72 Å². The summed E-state index contributed by atoms with van der Waals surface area (Å²) < 4.78 is 4.50. The van der Waals surface area contributed by atoms with Crippen molar-refractivity contribution in [2.24, 2.45) is 0 Å². The second-order valence-electron chi connectivity index (χ2n) is 1.50. The van der Waals surface area contributed by atoms with E-state index in [-0.39, 0.29) is 0 Å². The summed E-state index contributed by atoms with van der Waals surface area (Å²) in [6.45, 7) is 2.00. The van der Waals surface area contributed by atoms with Crippen molar-refractivity contribution in [2.45, 2.75) is 0 Å². The lowest BCUT2D eigenvalue weighted by molar-refractivity contribution is 0.475. The lowest BCUT2D eigenvalue weighted by atomic mass is 10.7. The number of ether oxygens (including phenoxy) is 1. The van der Waals surface area contributed by atoms with Crippen molar-refractivity contribution in [3.05, 3.63) is 24.5 Å². The molecule has 2 nitrogen and oxygen atoms in total. The van der Waals surface area contributed by atoms with Crippen LogP contribution in [0.4, 0.5) is 0 Å². The third-order valence-electron chi connectivity index (χ3n) is 0.700. The minimum Gasteiger partial charge on any atom is -0.377 e. The van der Waals surface area contributed by atoms with Crippen LogP contribution in [-0.4, -0.2) is 18.2 Å². The van der Waals surface area contributed by atoms with E-state index in [0.29, 0.717) is 0 Å². The van der Waals surface area contributed by atoms with Crippen LogP contribution < -0.4 is 0 Å². The molecule has 0 radical (unpaired) electrons. The Morgan fingerprint density at radius 1 is 1.12 bits per heavy atom. The highest BCUT2D eigenvalue weighted by atomic mass is 16.6. The van der Waals surface area contributed by atoms with Gasteiger partial charge < -0.3 is 9.72 Å². The minimum atomic E-state index is 1.00. The summed E-state index contributed by atoms with van der Waals surface area (Å²) in [6, 6.07) is 3.89. The van der Waals surface area contributed by atoms with E-state index in [1.165, 1.54) is 0 Å². The second-order valence-corrected chi connectivity index (χ2v) is 1.50. The van der Waals surface area contributed by atoms with Crippen LogP contribution in [0.1, 0.15) is 0 Å². The number of aromatic amines is 1. The van der Waals surface area contributed by atoms with Crippen LogP contribution in [0, 0.1) is 0 Å². The highest BCUT2D eigenvalue weighted by Crippen LogP contribution is 1.84. The van der Waals surface area contributed by atoms with Crippen LogP contribution in [0.25, 0.3) is 0 Å². The van der Waals surface area contributed by atoms with Crippen molar-refractivity contribution in [2.75, 3.05) is 13.2 Å². The average Bonchev–Trinajstić information content (AvgIpc) is 2.55. The summed E-state index contributed by atoms with van der Waals surface area (Å²) in [7, 11) is 0. The van der Waals surface area contributed by atoms with Gasteiger partial charge in [0.1, 0.15) is 0 Å². The molecule has 1 aromatic rings. The van der Waals surface area contributed by atoms with E-state index in [9.17, 15) is 0 Å². The average molecular weight is 111 g/mol. The van der Waals surface area contributed by atoms with Crippen LogP contribution >= 0.6 is 0 Å². The third kappa shape index (κ3) is 3.43. The first-order valence-corrected chi connectivity index (χ1v) is 2.65. The number of rotatable bonds is 0. The second kappa shape index (κ2) is 3.27. The molecular weight excluding hydrogens is 102 g/mol. The fourth-order valence-electron chi connectivity index (χ4n) is 0.278. The molecule has 8 heavy (non-hydrogen) atoms. The number of hydrogen-bond donors (Lipinski definition) is 1. The molecule has 0 amide bonds. The summed E-state index contributed by atoms with van der Waals surface area (Å²) in [5.41, 5.74) is 0. The van der Waals surface area contributed by atoms with Gasteiger partial charge in [-0.3, -0.25) is 0 Å². The molecule has 0 saturated carbocycles. The van der Waals surface area contributed by atoms with Crippen LogP contribution in [0.2, 0.25) is 0 Å². The maximum Gasteiger partial charge on any atom is 0.0701 e. The number of epoxide rings is 1. The lowest BCUT2D eigenvalue weighted by Crippen LogP contribution is -1.38. The first-order chi connectivity index (χ1) is 4.00. The van der Waals surface area contributed by atoms with Gasteiger partial charge in [0.15, 0.2) is 0 Å². The van der Waals surface area contributed by atoms with E-state index < -0.39 is 0 Å². The summed E-state index contributed by atoms with van der Waals surface area (Å²) in [5.74, 6) is 0. The molecule has 1 aliphatic rings. The fourth-order valence-corrected chi connectivity index (χ4v) is 0.278. The van der Waals surface area contributed by atoms with Gasteiger partial charge in [-0.05, 0) is 12.1 Å². The Morgan fingerprint density at radius 2 is 1.62 bits per heavy atom. The van der Waals surface area contributed by atoms with Crippen LogP contribution in [0.15, 0.2) is 24.5 Å². The first kappa shape index (κ1) is 5.38. The molecule has 0 spiro atoms. The van der Waals surface area contributed by atoms with E-state index >= 15 is 0 Å². The highest BCUT2D eigenvalue weighted by molar-refractivity contribution is 4.84. The van der Waals surface area contributed by atoms with Gasteiger partial charge in [-0.2, -0.15) is 0 Å². The number of hydrogen-bond acceptors (Lipinski definition) is 1. The lowest BCUT2D eigenvalue weighted by Gasteiger charge is -1.49. The maximum absolute atomic E-state index is 4.50. The van der Waals surface area contributed by atoms with E-state index in [4.69, 9.17) is 0 Å². The van der Waals surface area contributed by atoms with Gasteiger partial charge in [0.2, 0.25) is 0 Å². The third-order valence-corrected chi connectivity index (χ3v) is 0.700. The molecule has 1 aliphatic heterocycles. The molecule has 2 heteroatoms. The summed E-state index contributed by atoms with van der Waals surface area (Å²) >= 11 is 0. The monoisotopic (exact) mass is 111 g/mol. The molecule has 0 aliphatic carbocycles. The molecule has 1 N–H and O–H groups in total. The quantitative estimate of drug-likeness (QED) is 0.497. The normalized spacial score (nSPS) is 14.0. The summed E-state index contributed by atoms with van der Waals surface area (Å²) in [6.07, 6.45) is 3.75. The van der Waals surface area contributed by atoms with Gasteiger partial charge >= 0.3 is 0 Å². The summed E-state index contributed by atoms with van der Waals surface area (Å²) in [4.78, 5) is 2.86. The Kier molecular flexibility index (Phi) is 2.20. The molecule has 1 fully saturated rings. The van der Waals surface area contributed by atoms with Gasteiger partial charge in [-0.25, -0.2) is 0 Å². The Hall–Kier alpha value is -0.760. The molecule has 1 saturated heterocycles. The largest absolute Gasteiger partial charge is 0.377 e.